The van der Waals surface area contributed by atoms with Crippen molar-refractivity contribution >= 4 is 0 Å². The Morgan fingerprint density at radius 1 is 0.765 bits per heavy atom. The fourth-order valence-corrected chi connectivity index (χ4v) is 1.52. The highest BCUT2D eigenvalue weighted by Crippen LogP contribution is 2.41. The van der Waals surface area contributed by atoms with Gasteiger partial charge < -0.3 is 20.4 Å². The Labute approximate surface area is 95.8 Å². The fraction of sp³-hybridized carbons (Fsp3) is 0. The van der Waals surface area contributed by atoms with Gasteiger partial charge >= 0.3 is 0 Å². The molecule has 0 spiro atoms. The molecule has 0 aliphatic carbocycles. The molecule has 0 radical (unpaired) electrons. The van der Waals surface area contributed by atoms with Crippen molar-refractivity contribution in [3.63, 3.8) is 0 Å². The van der Waals surface area contributed by atoms with Crippen LogP contribution in [0.1, 0.15) is 0 Å². The molecule has 4 N–H and O–H groups in total. The minimum atomic E-state index is -0.884. The van der Waals surface area contributed by atoms with E-state index in [2.05, 4.69) is 0 Å². The molecule has 0 aliphatic rings. The lowest BCUT2D eigenvalue weighted by molar-refractivity contribution is 0.403. The molecule has 88 valence electrons. The zero-order chi connectivity index (χ0) is 12.6. The van der Waals surface area contributed by atoms with Crippen LogP contribution in [0.4, 0.5) is 4.39 Å². The van der Waals surface area contributed by atoms with E-state index in [0.717, 1.165) is 18.2 Å². The molecule has 17 heavy (non-hydrogen) atoms. The number of rotatable bonds is 1. The van der Waals surface area contributed by atoms with E-state index in [4.69, 9.17) is 5.11 Å². The molecule has 4 nitrogen and oxygen atoms in total. The van der Waals surface area contributed by atoms with E-state index in [1.807, 2.05) is 0 Å². The first-order valence-electron chi connectivity index (χ1n) is 4.73. The van der Waals surface area contributed by atoms with Gasteiger partial charge in [-0.05, 0) is 29.8 Å². The van der Waals surface area contributed by atoms with Crippen LogP contribution in [0.5, 0.6) is 23.0 Å². The summed E-state index contributed by atoms with van der Waals surface area (Å²) in [5.41, 5.74) is 0.0510. The van der Waals surface area contributed by atoms with Gasteiger partial charge in [-0.25, -0.2) is 4.39 Å². The summed E-state index contributed by atoms with van der Waals surface area (Å²) in [6.45, 7) is 0. The molecule has 0 fully saturated rings. The summed E-state index contributed by atoms with van der Waals surface area (Å²) in [5.74, 6) is -2.69. The number of benzene rings is 2. The van der Waals surface area contributed by atoms with E-state index in [9.17, 15) is 19.7 Å². The third-order valence-electron chi connectivity index (χ3n) is 2.37. The molecule has 0 amide bonds. The summed E-state index contributed by atoms with van der Waals surface area (Å²) < 4.78 is 13.2. The summed E-state index contributed by atoms with van der Waals surface area (Å²) >= 11 is 0. The number of halogens is 1. The number of phenolic OH excluding ortho intramolecular Hbond substituents is 4. The maximum absolute atomic E-state index is 13.2. The molecule has 2 rings (SSSR count). The van der Waals surface area contributed by atoms with Gasteiger partial charge in [0, 0.05) is 0 Å². The minimum absolute atomic E-state index is 0.139. The molecule has 0 bridgehead atoms. The summed E-state index contributed by atoms with van der Waals surface area (Å²) in [6, 6.07) is 5.64. The third kappa shape index (κ3) is 1.82. The summed E-state index contributed by atoms with van der Waals surface area (Å²) in [6.07, 6.45) is 0. The largest absolute Gasteiger partial charge is 0.507 e. The van der Waals surface area contributed by atoms with Gasteiger partial charge in [-0.15, -0.1) is 0 Å². The first kappa shape index (κ1) is 11.1. The van der Waals surface area contributed by atoms with Crippen LogP contribution in [0.15, 0.2) is 30.3 Å². The van der Waals surface area contributed by atoms with Crippen LogP contribution in [-0.2, 0) is 0 Å². The average molecular weight is 236 g/mol. The molecule has 0 unspecified atom stereocenters. The molecule has 0 heterocycles. The van der Waals surface area contributed by atoms with E-state index < -0.39 is 17.3 Å². The molecule has 0 saturated heterocycles. The quantitative estimate of drug-likeness (QED) is 0.573. The number of phenols is 4. The zero-order valence-corrected chi connectivity index (χ0v) is 8.55. The second kappa shape index (κ2) is 3.86. The fourth-order valence-electron chi connectivity index (χ4n) is 1.52. The highest BCUT2D eigenvalue weighted by molar-refractivity contribution is 5.77. The second-order valence-electron chi connectivity index (χ2n) is 3.49. The first-order chi connectivity index (χ1) is 8.00. The van der Waals surface area contributed by atoms with Gasteiger partial charge in [-0.1, -0.05) is 6.07 Å². The van der Waals surface area contributed by atoms with Crippen molar-refractivity contribution in [3.05, 3.63) is 36.1 Å². The van der Waals surface area contributed by atoms with E-state index in [0.29, 0.717) is 0 Å². The predicted octanol–water partition coefficient (Wildman–Crippen LogP) is 2.32. The highest BCUT2D eigenvalue weighted by Gasteiger charge is 2.15. The van der Waals surface area contributed by atoms with Crippen LogP contribution in [0, 0.1) is 5.82 Å². The predicted molar refractivity (Wildman–Crippen MR) is 58.5 cm³/mol. The standard InChI is InChI=1S/C12H9FO4/c13-7-2-4-9(15)11(12(7)17)6-1-3-8(14)10(16)5-6/h1-5,14-17H. The molecule has 0 atom stereocenters. The molecule has 0 aliphatic heterocycles. The van der Waals surface area contributed by atoms with Gasteiger partial charge in [0.2, 0.25) is 0 Å². The van der Waals surface area contributed by atoms with Crippen LogP contribution in [-0.4, -0.2) is 20.4 Å². The highest BCUT2D eigenvalue weighted by atomic mass is 19.1. The Kier molecular flexibility index (Phi) is 2.51. The summed E-state index contributed by atoms with van der Waals surface area (Å²) in [5, 5.41) is 37.5. The van der Waals surface area contributed by atoms with Crippen molar-refractivity contribution in [1.29, 1.82) is 0 Å². The van der Waals surface area contributed by atoms with Crippen molar-refractivity contribution in [2.24, 2.45) is 0 Å². The molecule has 2 aromatic rings. The van der Waals surface area contributed by atoms with Crippen LogP contribution >= 0.6 is 0 Å². The van der Waals surface area contributed by atoms with Crippen LogP contribution in [0.25, 0.3) is 11.1 Å². The number of aromatic hydroxyl groups is 4. The Balaban J connectivity index is 2.68. The maximum Gasteiger partial charge on any atom is 0.165 e. The van der Waals surface area contributed by atoms with E-state index in [-0.39, 0.29) is 22.6 Å². The zero-order valence-electron chi connectivity index (χ0n) is 8.55. The Hall–Kier alpha value is -2.43. The number of hydrogen-bond donors (Lipinski definition) is 4. The lowest BCUT2D eigenvalue weighted by atomic mass is 10.0. The third-order valence-corrected chi connectivity index (χ3v) is 2.37. The van der Waals surface area contributed by atoms with Gasteiger partial charge in [-0.2, -0.15) is 0 Å². The van der Waals surface area contributed by atoms with E-state index in [1.165, 1.54) is 12.1 Å². The Bertz CT molecular complexity index is 581. The smallest absolute Gasteiger partial charge is 0.165 e. The second-order valence-corrected chi connectivity index (χ2v) is 3.49. The van der Waals surface area contributed by atoms with Gasteiger partial charge in [0.15, 0.2) is 23.1 Å². The Morgan fingerprint density at radius 2 is 1.41 bits per heavy atom. The summed E-state index contributed by atoms with van der Waals surface area (Å²) in [7, 11) is 0. The molecular weight excluding hydrogens is 227 g/mol. The van der Waals surface area contributed by atoms with E-state index >= 15 is 0 Å². The molecule has 0 aromatic heterocycles. The van der Waals surface area contributed by atoms with Crippen LogP contribution < -0.4 is 0 Å². The van der Waals surface area contributed by atoms with Crippen LogP contribution in [0.2, 0.25) is 0 Å². The minimum Gasteiger partial charge on any atom is -0.507 e. The number of hydrogen-bond acceptors (Lipinski definition) is 4. The van der Waals surface area contributed by atoms with Gasteiger partial charge in [0.1, 0.15) is 5.75 Å². The van der Waals surface area contributed by atoms with E-state index in [1.54, 1.807) is 0 Å². The van der Waals surface area contributed by atoms with Crippen molar-refractivity contribution in [1.82, 2.24) is 0 Å². The molecule has 5 heteroatoms. The lowest BCUT2D eigenvalue weighted by Gasteiger charge is -2.09. The normalized spacial score (nSPS) is 10.4. The average Bonchev–Trinajstić information content (AvgIpc) is 2.29. The van der Waals surface area contributed by atoms with Crippen LogP contribution in [0.3, 0.4) is 0 Å². The van der Waals surface area contributed by atoms with Crippen molar-refractivity contribution in [2.75, 3.05) is 0 Å². The van der Waals surface area contributed by atoms with Gasteiger partial charge in [0.05, 0.1) is 5.56 Å². The van der Waals surface area contributed by atoms with Gasteiger partial charge in [-0.3, -0.25) is 0 Å². The van der Waals surface area contributed by atoms with Gasteiger partial charge in [0.25, 0.3) is 0 Å². The lowest BCUT2D eigenvalue weighted by Crippen LogP contribution is -1.84. The maximum atomic E-state index is 13.2. The summed E-state index contributed by atoms with van der Waals surface area (Å²) in [4.78, 5) is 0. The van der Waals surface area contributed by atoms with Crippen molar-refractivity contribution < 1.29 is 24.8 Å². The topological polar surface area (TPSA) is 80.9 Å². The van der Waals surface area contributed by atoms with Crippen molar-refractivity contribution in [2.45, 2.75) is 0 Å². The monoisotopic (exact) mass is 236 g/mol. The van der Waals surface area contributed by atoms with Crippen molar-refractivity contribution in [3.8, 4) is 34.1 Å². The Morgan fingerprint density at radius 3 is 2.06 bits per heavy atom. The molecule has 2 aromatic carbocycles. The molecular formula is C12H9FO4. The first-order valence-corrected chi connectivity index (χ1v) is 4.73. The SMILES string of the molecule is Oc1ccc(-c2c(O)ccc(F)c2O)cc1O. The molecule has 0 saturated carbocycles.